The molecule has 0 bridgehead atoms. The summed E-state index contributed by atoms with van der Waals surface area (Å²) in [5.74, 6) is 1.37. The molecule has 1 N–H and O–H groups in total. The molecular weight excluding hydrogens is 433 g/mol. The number of rotatable bonds is 6. The quantitative estimate of drug-likeness (QED) is 0.680. The molecule has 1 aromatic carbocycles. The molecule has 1 amide bonds. The van der Waals surface area contributed by atoms with Crippen LogP contribution < -0.4 is 10.3 Å². The van der Waals surface area contributed by atoms with Gasteiger partial charge in [-0.15, -0.1) is 0 Å². The lowest BCUT2D eigenvalue weighted by molar-refractivity contribution is 0.0219. The molecule has 0 unspecified atom stereocenters. The average molecular weight is 464 g/mol. The number of thioether (sulfide) groups is 1. The molecule has 1 aliphatic carbocycles. The lowest BCUT2D eigenvalue weighted by atomic mass is 10.1. The van der Waals surface area contributed by atoms with E-state index in [0.717, 1.165) is 25.7 Å². The van der Waals surface area contributed by atoms with Crippen LogP contribution in [0.4, 0.5) is 9.18 Å². The van der Waals surface area contributed by atoms with Crippen molar-refractivity contribution in [1.29, 1.82) is 0 Å². The second kappa shape index (κ2) is 9.29. The zero-order chi connectivity index (χ0) is 22.9. The molecule has 1 aliphatic heterocycles. The number of aromatic amines is 1. The SMILES string of the molecule is CC(C)(C)OC(=O)N1CCC(SCc2nc3cc(OCC4CC4)cc(F)c3c(=O)[nH]2)CC1. The number of fused-ring (bicyclic) bond motifs is 1. The summed E-state index contributed by atoms with van der Waals surface area (Å²) in [6, 6.07) is 2.90. The Hall–Kier alpha value is -2.29. The van der Waals surface area contributed by atoms with Crippen LogP contribution in [0.1, 0.15) is 52.3 Å². The monoisotopic (exact) mass is 463 g/mol. The number of carbonyl (C=O) groups is 1. The fraction of sp³-hybridized carbons (Fsp3) is 0.609. The molecule has 0 atom stereocenters. The Balaban J connectivity index is 1.36. The van der Waals surface area contributed by atoms with Crippen LogP contribution >= 0.6 is 11.8 Å². The van der Waals surface area contributed by atoms with Gasteiger partial charge < -0.3 is 19.4 Å². The number of likely N-dealkylation sites (tertiary alicyclic amines) is 1. The first kappa shape index (κ1) is 22.9. The molecule has 0 spiro atoms. The van der Waals surface area contributed by atoms with Crippen molar-refractivity contribution in [3.8, 4) is 5.75 Å². The number of nitrogens with one attached hydrogen (secondary N) is 1. The summed E-state index contributed by atoms with van der Waals surface area (Å²) < 4.78 is 25.6. The largest absolute Gasteiger partial charge is 0.493 e. The maximum Gasteiger partial charge on any atom is 0.410 e. The summed E-state index contributed by atoms with van der Waals surface area (Å²) in [5.41, 5.74) is -0.662. The third-order valence-corrected chi connectivity index (χ3v) is 6.90. The number of nitrogens with zero attached hydrogens (tertiary/aromatic N) is 2. The van der Waals surface area contributed by atoms with Crippen molar-refractivity contribution in [1.82, 2.24) is 14.9 Å². The predicted octanol–water partition coefficient (Wildman–Crippen LogP) is 4.48. The van der Waals surface area contributed by atoms with E-state index in [1.54, 1.807) is 22.7 Å². The van der Waals surface area contributed by atoms with Crippen LogP contribution in [0.15, 0.2) is 16.9 Å². The highest BCUT2D eigenvalue weighted by atomic mass is 32.2. The van der Waals surface area contributed by atoms with Gasteiger partial charge in [0, 0.05) is 30.5 Å². The van der Waals surface area contributed by atoms with E-state index in [9.17, 15) is 14.0 Å². The number of hydrogen-bond acceptors (Lipinski definition) is 6. The van der Waals surface area contributed by atoms with Gasteiger partial charge in [-0.1, -0.05) is 0 Å². The van der Waals surface area contributed by atoms with Gasteiger partial charge in [0.15, 0.2) is 0 Å². The molecule has 7 nitrogen and oxygen atoms in total. The molecule has 1 saturated heterocycles. The van der Waals surface area contributed by atoms with Crippen LogP contribution in [0.3, 0.4) is 0 Å². The first-order valence-corrected chi connectivity index (χ1v) is 12.2. The van der Waals surface area contributed by atoms with Gasteiger partial charge in [-0.25, -0.2) is 14.2 Å². The van der Waals surface area contributed by atoms with Gasteiger partial charge >= 0.3 is 6.09 Å². The van der Waals surface area contributed by atoms with Crippen molar-refractivity contribution < 1.29 is 18.7 Å². The Morgan fingerprint density at radius 3 is 2.62 bits per heavy atom. The minimum Gasteiger partial charge on any atom is -0.493 e. The Kier molecular flexibility index (Phi) is 6.65. The van der Waals surface area contributed by atoms with E-state index < -0.39 is 17.0 Å². The normalized spacial score (nSPS) is 17.6. The van der Waals surface area contributed by atoms with Crippen molar-refractivity contribution in [2.45, 2.75) is 63.1 Å². The summed E-state index contributed by atoms with van der Waals surface area (Å²) in [6.45, 7) is 7.43. The van der Waals surface area contributed by atoms with Crippen LogP contribution in [0.2, 0.25) is 0 Å². The Morgan fingerprint density at radius 1 is 1.25 bits per heavy atom. The summed E-state index contributed by atoms with van der Waals surface area (Å²) in [4.78, 5) is 33.6. The number of H-pyrrole nitrogens is 1. The minimum atomic E-state index is -0.615. The van der Waals surface area contributed by atoms with Gasteiger partial charge in [-0.3, -0.25) is 4.79 Å². The maximum atomic E-state index is 14.5. The van der Waals surface area contributed by atoms with Crippen LogP contribution in [0.5, 0.6) is 5.75 Å². The van der Waals surface area contributed by atoms with E-state index in [-0.39, 0.29) is 11.5 Å². The first-order valence-electron chi connectivity index (χ1n) is 11.1. The first-order chi connectivity index (χ1) is 15.2. The van der Waals surface area contributed by atoms with E-state index in [4.69, 9.17) is 9.47 Å². The summed E-state index contributed by atoms with van der Waals surface area (Å²) in [5, 5.41) is 0.308. The topological polar surface area (TPSA) is 84.5 Å². The predicted molar refractivity (Wildman–Crippen MR) is 123 cm³/mol. The van der Waals surface area contributed by atoms with Crippen molar-refractivity contribution in [2.75, 3.05) is 19.7 Å². The third-order valence-electron chi connectivity index (χ3n) is 5.52. The molecule has 1 saturated carbocycles. The van der Waals surface area contributed by atoms with E-state index in [1.807, 2.05) is 20.8 Å². The lowest BCUT2D eigenvalue weighted by Gasteiger charge is -2.33. The van der Waals surface area contributed by atoms with Crippen LogP contribution in [0.25, 0.3) is 10.9 Å². The Morgan fingerprint density at radius 2 is 1.97 bits per heavy atom. The summed E-state index contributed by atoms with van der Waals surface area (Å²) in [7, 11) is 0. The molecule has 0 radical (unpaired) electrons. The molecule has 2 aromatic rings. The minimum absolute atomic E-state index is 0.0387. The van der Waals surface area contributed by atoms with E-state index in [2.05, 4.69) is 9.97 Å². The van der Waals surface area contributed by atoms with Gasteiger partial charge in [-0.05, 0) is 52.4 Å². The molecule has 2 aliphatic rings. The van der Waals surface area contributed by atoms with Gasteiger partial charge in [0.1, 0.15) is 28.4 Å². The molecule has 32 heavy (non-hydrogen) atoms. The van der Waals surface area contributed by atoms with Gasteiger partial charge in [0.05, 0.1) is 17.9 Å². The fourth-order valence-corrected chi connectivity index (χ4v) is 4.70. The fourth-order valence-electron chi connectivity index (χ4n) is 3.63. The molecular formula is C23H30FN3O4S. The standard InChI is InChI=1S/C23H30FN3O4S/c1-23(2,3)31-22(29)27-8-6-16(7-9-27)32-13-19-25-18-11-15(30-12-14-4-5-14)10-17(24)20(18)21(28)26-19/h10-11,14,16H,4-9,12-13H2,1-3H3,(H,25,26,28). The smallest absolute Gasteiger partial charge is 0.410 e. The Labute approximate surface area is 191 Å². The van der Waals surface area contributed by atoms with Crippen LogP contribution in [-0.4, -0.2) is 51.5 Å². The number of carbonyl (C=O) groups excluding carboxylic acids is 1. The maximum absolute atomic E-state index is 14.5. The number of benzene rings is 1. The summed E-state index contributed by atoms with van der Waals surface area (Å²) >= 11 is 1.69. The van der Waals surface area contributed by atoms with Crippen molar-refractivity contribution in [3.63, 3.8) is 0 Å². The third kappa shape index (κ3) is 5.94. The lowest BCUT2D eigenvalue weighted by Crippen LogP contribution is -2.42. The molecule has 1 aromatic heterocycles. The highest BCUT2D eigenvalue weighted by Gasteiger charge is 2.27. The molecule has 2 fully saturated rings. The number of piperidine rings is 1. The van der Waals surface area contributed by atoms with Crippen LogP contribution in [-0.2, 0) is 10.5 Å². The van der Waals surface area contributed by atoms with Crippen molar-refractivity contribution in [2.24, 2.45) is 5.92 Å². The highest BCUT2D eigenvalue weighted by molar-refractivity contribution is 7.99. The zero-order valence-electron chi connectivity index (χ0n) is 18.8. The second-order valence-corrected chi connectivity index (χ2v) is 10.8. The van der Waals surface area contributed by atoms with E-state index in [1.165, 1.54) is 6.07 Å². The molecule has 2 heterocycles. The van der Waals surface area contributed by atoms with Crippen molar-refractivity contribution >= 4 is 28.8 Å². The summed E-state index contributed by atoms with van der Waals surface area (Å²) in [6.07, 6.45) is 3.70. The van der Waals surface area contributed by atoms with E-state index in [0.29, 0.717) is 53.7 Å². The molecule has 4 rings (SSSR count). The van der Waals surface area contributed by atoms with Crippen molar-refractivity contribution in [3.05, 3.63) is 34.1 Å². The van der Waals surface area contributed by atoms with E-state index >= 15 is 0 Å². The number of ether oxygens (including phenoxy) is 2. The number of aromatic nitrogens is 2. The second-order valence-electron chi connectivity index (χ2n) is 9.54. The van der Waals surface area contributed by atoms with Gasteiger partial charge in [0.2, 0.25) is 0 Å². The van der Waals surface area contributed by atoms with Gasteiger partial charge in [-0.2, -0.15) is 11.8 Å². The number of hydrogen-bond donors (Lipinski definition) is 1. The highest BCUT2D eigenvalue weighted by Crippen LogP contribution is 2.31. The molecule has 9 heteroatoms. The Bertz CT molecular complexity index is 1040. The zero-order valence-corrected chi connectivity index (χ0v) is 19.6. The number of halogens is 1. The number of amides is 1. The average Bonchev–Trinajstić information content (AvgIpc) is 3.54. The van der Waals surface area contributed by atoms with Crippen LogP contribution in [0, 0.1) is 11.7 Å². The van der Waals surface area contributed by atoms with Gasteiger partial charge in [0.25, 0.3) is 5.56 Å². The molecule has 174 valence electrons.